The van der Waals surface area contributed by atoms with Crippen molar-refractivity contribution in [3.63, 3.8) is 0 Å². The van der Waals surface area contributed by atoms with Crippen LogP contribution in [-0.2, 0) is 4.74 Å². The molecule has 0 bridgehead atoms. The summed E-state index contributed by atoms with van der Waals surface area (Å²) in [4.78, 5) is 0. The maximum Gasteiger partial charge on any atom is 0.0623 e. The molecule has 1 aromatic carbocycles. The topological polar surface area (TPSA) is 21.3 Å². The van der Waals surface area contributed by atoms with Crippen LogP contribution in [0.2, 0.25) is 5.02 Å². The van der Waals surface area contributed by atoms with Gasteiger partial charge in [0.1, 0.15) is 0 Å². The zero-order valence-corrected chi connectivity index (χ0v) is 13.5. The summed E-state index contributed by atoms with van der Waals surface area (Å²) in [6.45, 7) is 9.40. The van der Waals surface area contributed by atoms with Crippen LogP contribution in [0.5, 0.6) is 0 Å². The molecule has 1 atom stereocenters. The molecule has 2 nitrogen and oxygen atoms in total. The van der Waals surface area contributed by atoms with Crippen molar-refractivity contribution in [2.45, 2.75) is 52.2 Å². The monoisotopic (exact) mass is 283 g/mol. The van der Waals surface area contributed by atoms with Crippen molar-refractivity contribution >= 4 is 11.6 Å². The van der Waals surface area contributed by atoms with Gasteiger partial charge in [0.15, 0.2) is 0 Å². The fourth-order valence-electron chi connectivity index (χ4n) is 2.11. The van der Waals surface area contributed by atoms with Crippen LogP contribution in [0.15, 0.2) is 18.2 Å². The summed E-state index contributed by atoms with van der Waals surface area (Å²) in [7, 11) is 1.77. The zero-order chi connectivity index (χ0) is 14.5. The van der Waals surface area contributed by atoms with Crippen molar-refractivity contribution < 1.29 is 4.74 Å². The SMILES string of the molecule is CCNC(CCC(C)(C)OC)c1ccc(Cl)c(C)c1. The molecule has 19 heavy (non-hydrogen) atoms. The second-order valence-electron chi connectivity index (χ2n) is 5.62. The Morgan fingerprint density at radius 1 is 1.37 bits per heavy atom. The first-order chi connectivity index (χ1) is 8.89. The first-order valence-corrected chi connectivity index (χ1v) is 7.32. The number of hydrogen-bond acceptors (Lipinski definition) is 2. The van der Waals surface area contributed by atoms with Gasteiger partial charge in [0.2, 0.25) is 0 Å². The highest BCUT2D eigenvalue weighted by Gasteiger charge is 2.20. The van der Waals surface area contributed by atoms with Gasteiger partial charge in [0.05, 0.1) is 5.60 Å². The maximum atomic E-state index is 6.09. The molecule has 1 aromatic rings. The lowest BCUT2D eigenvalue weighted by Gasteiger charge is -2.26. The number of rotatable bonds is 7. The van der Waals surface area contributed by atoms with Crippen molar-refractivity contribution in [1.29, 1.82) is 0 Å². The molecule has 0 aliphatic carbocycles. The lowest BCUT2D eigenvalue weighted by molar-refractivity contribution is 0.0117. The predicted octanol–water partition coefficient (Wildman–Crippen LogP) is 4.50. The minimum Gasteiger partial charge on any atom is -0.379 e. The molecular formula is C16H26ClNO. The van der Waals surface area contributed by atoms with Crippen molar-refractivity contribution in [2.75, 3.05) is 13.7 Å². The molecule has 3 heteroatoms. The van der Waals surface area contributed by atoms with E-state index < -0.39 is 0 Å². The van der Waals surface area contributed by atoms with E-state index in [0.717, 1.165) is 30.0 Å². The second kappa shape index (κ2) is 7.28. The van der Waals surface area contributed by atoms with E-state index in [9.17, 15) is 0 Å². The van der Waals surface area contributed by atoms with Gasteiger partial charge in [-0.1, -0.05) is 30.7 Å². The first-order valence-electron chi connectivity index (χ1n) is 6.94. The second-order valence-corrected chi connectivity index (χ2v) is 6.03. The number of benzene rings is 1. The first kappa shape index (κ1) is 16.5. The molecular weight excluding hydrogens is 258 g/mol. The lowest BCUT2D eigenvalue weighted by atomic mass is 9.94. The van der Waals surface area contributed by atoms with Gasteiger partial charge in [-0.05, 0) is 57.4 Å². The summed E-state index contributed by atoms with van der Waals surface area (Å²) in [5.74, 6) is 0. The summed E-state index contributed by atoms with van der Waals surface area (Å²) in [5, 5.41) is 4.37. The Hall–Kier alpha value is -0.570. The van der Waals surface area contributed by atoms with E-state index in [1.165, 1.54) is 5.56 Å². The number of halogens is 1. The van der Waals surface area contributed by atoms with Crippen LogP contribution in [-0.4, -0.2) is 19.3 Å². The van der Waals surface area contributed by atoms with E-state index in [1.54, 1.807) is 7.11 Å². The number of nitrogens with one attached hydrogen (secondary N) is 1. The number of aryl methyl sites for hydroxylation is 1. The Bertz CT molecular complexity index is 404. The normalized spacial score (nSPS) is 13.6. The minimum absolute atomic E-state index is 0.0743. The zero-order valence-electron chi connectivity index (χ0n) is 12.7. The Labute approximate surface area is 122 Å². The van der Waals surface area contributed by atoms with E-state index in [1.807, 2.05) is 13.0 Å². The van der Waals surface area contributed by atoms with E-state index in [2.05, 4.69) is 38.2 Å². The average Bonchev–Trinajstić information content (AvgIpc) is 2.38. The maximum absolute atomic E-state index is 6.09. The minimum atomic E-state index is -0.0743. The Morgan fingerprint density at radius 2 is 2.05 bits per heavy atom. The molecule has 108 valence electrons. The molecule has 1 N–H and O–H groups in total. The third-order valence-corrected chi connectivity index (χ3v) is 4.05. The van der Waals surface area contributed by atoms with Gasteiger partial charge in [-0.2, -0.15) is 0 Å². The molecule has 1 unspecified atom stereocenters. The molecule has 0 heterocycles. The fraction of sp³-hybridized carbons (Fsp3) is 0.625. The largest absolute Gasteiger partial charge is 0.379 e. The summed E-state index contributed by atoms with van der Waals surface area (Å²) >= 11 is 6.09. The van der Waals surface area contributed by atoms with Crippen molar-refractivity contribution in [1.82, 2.24) is 5.32 Å². The van der Waals surface area contributed by atoms with Crippen molar-refractivity contribution in [3.05, 3.63) is 34.3 Å². The van der Waals surface area contributed by atoms with Crippen LogP contribution in [0, 0.1) is 6.92 Å². The van der Waals surface area contributed by atoms with Gasteiger partial charge < -0.3 is 10.1 Å². The Kier molecular flexibility index (Phi) is 6.31. The third kappa shape index (κ3) is 5.13. The molecule has 0 saturated heterocycles. The van der Waals surface area contributed by atoms with Gasteiger partial charge in [-0.15, -0.1) is 0 Å². The fourth-order valence-corrected chi connectivity index (χ4v) is 2.23. The van der Waals surface area contributed by atoms with E-state index >= 15 is 0 Å². The highest BCUT2D eigenvalue weighted by atomic mass is 35.5. The smallest absolute Gasteiger partial charge is 0.0623 e. The van der Waals surface area contributed by atoms with Gasteiger partial charge in [0, 0.05) is 18.2 Å². The predicted molar refractivity (Wildman–Crippen MR) is 82.9 cm³/mol. The molecule has 0 aromatic heterocycles. The molecule has 0 saturated carbocycles. The molecule has 0 radical (unpaired) electrons. The van der Waals surface area contributed by atoms with E-state index in [4.69, 9.17) is 16.3 Å². The highest BCUT2D eigenvalue weighted by molar-refractivity contribution is 6.31. The molecule has 0 aliphatic rings. The van der Waals surface area contributed by atoms with Crippen LogP contribution < -0.4 is 5.32 Å². The van der Waals surface area contributed by atoms with Crippen molar-refractivity contribution in [3.8, 4) is 0 Å². The van der Waals surface area contributed by atoms with Crippen LogP contribution >= 0.6 is 11.6 Å². The van der Waals surface area contributed by atoms with Gasteiger partial charge in [0.25, 0.3) is 0 Å². The Morgan fingerprint density at radius 3 is 2.58 bits per heavy atom. The van der Waals surface area contributed by atoms with Gasteiger partial charge in [-0.3, -0.25) is 0 Å². The van der Waals surface area contributed by atoms with Gasteiger partial charge in [-0.25, -0.2) is 0 Å². The lowest BCUT2D eigenvalue weighted by Crippen LogP contribution is -2.27. The third-order valence-electron chi connectivity index (χ3n) is 3.62. The summed E-state index contributed by atoms with van der Waals surface area (Å²) in [6, 6.07) is 6.63. The van der Waals surface area contributed by atoms with E-state index in [0.29, 0.717) is 6.04 Å². The quantitative estimate of drug-likeness (QED) is 0.795. The van der Waals surface area contributed by atoms with Crippen molar-refractivity contribution in [2.24, 2.45) is 0 Å². The van der Waals surface area contributed by atoms with Crippen LogP contribution in [0.1, 0.15) is 50.8 Å². The number of hydrogen-bond donors (Lipinski definition) is 1. The van der Waals surface area contributed by atoms with Crippen LogP contribution in [0.4, 0.5) is 0 Å². The molecule has 1 rings (SSSR count). The summed E-state index contributed by atoms with van der Waals surface area (Å²) < 4.78 is 5.50. The molecule has 0 aliphatic heterocycles. The standard InChI is InChI=1S/C16H26ClNO/c1-6-18-15(9-10-16(3,4)19-5)13-7-8-14(17)12(2)11-13/h7-8,11,15,18H,6,9-10H2,1-5H3. The van der Waals surface area contributed by atoms with Crippen LogP contribution in [0.25, 0.3) is 0 Å². The number of methoxy groups -OCH3 is 1. The Balaban J connectivity index is 2.79. The highest BCUT2D eigenvalue weighted by Crippen LogP contribution is 2.27. The average molecular weight is 284 g/mol. The number of ether oxygens (including phenoxy) is 1. The molecule has 0 fully saturated rings. The summed E-state index contributed by atoms with van der Waals surface area (Å²) in [5.41, 5.74) is 2.36. The van der Waals surface area contributed by atoms with Gasteiger partial charge >= 0.3 is 0 Å². The summed E-state index contributed by atoms with van der Waals surface area (Å²) in [6.07, 6.45) is 2.07. The van der Waals surface area contributed by atoms with E-state index in [-0.39, 0.29) is 5.60 Å². The van der Waals surface area contributed by atoms with Crippen LogP contribution in [0.3, 0.4) is 0 Å². The molecule has 0 amide bonds. The molecule has 0 spiro atoms.